The van der Waals surface area contributed by atoms with Crippen LogP contribution in [0, 0.1) is 20.8 Å². The monoisotopic (exact) mass is 272 g/mol. The van der Waals surface area contributed by atoms with E-state index in [2.05, 4.69) is 0 Å². The Morgan fingerprint density at radius 3 is 2.42 bits per heavy atom. The lowest BCUT2D eigenvalue weighted by molar-refractivity contribution is 0.0993. The second-order valence-corrected chi connectivity index (χ2v) is 5.41. The summed E-state index contributed by atoms with van der Waals surface area (Å²) in [5.41, 5.74) is 5.01. The van der Waals surface area contributed by atoms with Crippen LogP contribution in [-0.4, -0.2) is 5.78 Å². The molecule has 0 aliphatic heterocycles. The number of carbonyl (C=O) groups excluding carboxylic acids is 1. The van der Waals surface area contributed by atoms with Gasteiger partial charge in [-0.25, -0.2) is 0 Å². The molecule has 98 valence electrons. The van der Waals surface area contributed by atoms with Crippen LogP contribution in [0.5, 0.6) is 0 Å². The number of halogens is 1. The summed E-state index contributed by atoms with van der Waals surface area (Å²) >= 11 is 6.17. The van der Waals surface area contributed by atoms with Gasteiger partial charge >= 0.3 is 0 Å². The molecule has 19 heavy (non-hydrogen) atoms. The molecule has 0 amide bonds. The van der Waals surface area contributed by atoms with E-state index in [-0.39, 0.29) is 5.78 Å². The number of carbonyl (C=O) groups is 1. The highest BCUT2D eigenvalue weighted by Crippen LogP contribution is 2.22. The van der Waals surface area contributed by atoms with Gasteiger partial charge < -0.3 is 0 Å². The molecular weight excluding hydrogens is 256 g/mol. The van der Waals surface area contributed by atoms with E-state index >= 15 is 0 Å². The molecule has 0 saturated carbocycles. The minimum atomic E-state index is 0.0682. The molecule has 1 nitrogen and oxygen atoms in total. The molecule has 0 aliphatic rings. The molecule has 0 bridgehead atoms. The van der Waals surface area contributed by atoms with Gasteiger partial charge in [-0.15, -0.1) is 0 Å². The van der Waals surface area contributed by atoms with Gasteiger partial charge in [-0.3, -0.25) is 4.79 Å². The third-order valence-electron chi connectivity index (χ3n) is 3.33. The van der Waals surface area contributed by atoms with Gasteiger partial charge in [-0.1, -0.05) is 41.4 Å². The minimum absolute atomic E-state index is 0.0682. The summed E-state index contributed by atoms with van der Waals surface area (Å²) in [6.07, 6.45) is 0.393. The zero-order valence-electron chi connectivity index (χ0n) is 11.5. The van der Waals surface area contributed by atoms with Crippen molar-refractivity contribution in [2.45, 2.75) is 27.2 Å². The van der Waals surface area contributed by atoms with Crippen LogP contribution in [0.4, 0.5) is 0 Å². The van der Waals surface area contributed by atoms with E-state index in [4.69, 9.17) is 11.6 Å². The Morgan fingerprint density at radius 2 is 1.74 bits per heavy atom. The lowest BCUT2D eigenvalue weighted by Gasteiger charge is -2.08. The van der Waals surface area contributed by atoms with Crippen molar-refractivity contribution in [1.29, 1.82) is 0 Å². The Hall–Kier alpha value is -1.60. The Bertz CT molecular complexity index is 629. The molecule has 2 aromatic rings. The maximum Gasteiger partial charge on any atom is 0.168 e. The fraction of sp³-hybridized carbons (Fsp3) is 0.235. The molecule has 2 aromatic carbocycles. The normalized spacial score (nSPS) is 10.5. The van der Waals surface area contributed by atoms with Crippen molar-refractivity contribution in [3.63, 3.8) is 0 Å². The molecule has 2 rings (SSSR count). The second-order valence-electron chi connectivity index (χ2n) is 5.01. The summed E-state index contributed by atoms with van der Waals surface area (Å²) in [5, 5.41) is 0.542. The summed E-state index contributed by atoms with van der Waals surface area (Å²) in [7, 11) is 0. The third-order valence-corrected chi connectivity index (χ3v) is 3.64. The lowest BCUT2D eigenvalue weighted by Crippen LogP contribution is -2.05. The van der Waals surface area contributed by atoms with E-state index < -0.39 is 0 Å². The van der Waals surface area contributed by atoms with E-state index in [0.29, 0.717) is 17.0 Å². The molecule has 0 atom stereocenters. The zero-order valence-corrected chi connectivity index (χ0v) is 12.2. The molecule has 0 saturated heterocycles. The molecule has 0 radical (unpaired) electrons. The van der Waals surface area contributed by atoms with Crippen molar-refractivity contribution in [3.05, 3.63) is 69.2 Å². The van der Waals surface area contributed by atoms with Gasteiger partial charge in [0.25, 0.3) is 0 Å². The first-order chi connectivity index (χ1) is 8.97. The standard InChI is InChI=1S/C17H17ClO/c1-11-5-4-6-14(7-11)10-17(19)15-8-12(2)13(3)9-16(15)18/h4-9H,10H2,1-3H3. The molecule has 0 N–H and O–H groups in total. The Morgan fingerprint density at radius 1 is 1.05 bits per heavy atom. The highest BCUT2D eigenvalue weighted by atomic mass is 35.5. The van der Waals surface area contributed by atoms with Crippen LogP contribution in [0.25, 0.3) is 0 Å². The van der Waals surface area contributed by atoms with E-state index in [1.807, 2.05) is 57.2 Å². The molecule has 0 heterocycles. The molecule has 0 aromatic heterocycles. The Labute approximate surface area is 119 Å². The van der Waals surface area contributed by atoms with Crippen molar-refractivity contribution in [2.24, 2.45) is 0 Å². The number of hydrogen-bond donors (Lipinski definition) is 0. The van der Waals surface area contributed by atoms with Crippen LogP contribution >= 0.6 is 11.6 Å². The minimum Gasteiger partial charge on any atom is -0.294 e. The summed E-state index contributed by atoms with van der Waals surface area (Å²) in [4.78, 5) is 12.3. The van der Waals surface area contributed by atoms with Crippen molar-refractivity contribution >= 4 is 17.4 Å². The van der Waals surface area contributed by atoms with Gasteiger partial charge in [0.15, 0.2) is 5.78 Å². The fourth-order valence-corrected chi connectivity index (χ4v) is 2.42. The summed E-state index contributed by atoms with van der Waals surface area (Å²) in [6.45, 7) is 6.02. The van der Waals surface area contributed by atoms with Crippen molar-refractivity contribution in [2.75, 3.05) is 0 Å². The van der Waals surface area contributed by atoms with Crippen LogP contribution in [0.2, 0.25) is 5.02 Å². The fourth-order valence-electron chi connectivity index (χ4n) is 2.10. The molecule has 0 fully saturated rings. The van der Waals surface area contributed by atoms with Gasteiger partial charge in [0.05, 0.1) is 5.02 Å². The van der Waals surface area contributed by atoms with Gasteiger partial charge in [-0.05, 0) is 49.6 Å². The van der Waals surface area contributed by atoms with Crippen molar-refractivity contribution in [1.82, 2.24) is 0 Å². The smallest absolute Gasteiger partial charge is 0.168 e. The summed E-state index contributed by atoms with van der Waals surface area (Å²) in [5.74, 6) is 0.0682. The molecular formula is C17H17ClO. The van der Waals surface area contributed by atoms with Crippen LogP contribution < -0.4 is 0 Å². The first kappa shape index (κ1) is 13.8. The number of ketones is 1. The van der Waals surface area contributed by atoms with Crippen LogP contribution in [0.1, 0.15) is 32.6 Å². The van der Waals surface area contributed by atoms with Gasteiger partial charge in [0.2, 0.25) is 0 Å². The van der Waals surface area contributed by atoms with Crippen LogP contribution in [-0.2, 0) is 6.42 Å². The Balaban J connectivity index is 2.28. The van der Waals surface area contributed by atoms with Crippen molar-refractivity contribution in [3.8, 4) is 0 Å². The van der Waals surface area contributed by atoms with Gasteiger partial charge in [0, 0.05) is 12.0 Å². The first-order valence-electron chi connectivity index (χ1n) is 6.33. The average Bonchev–Trinajstić information content (AvgIpc) is 2.33. The molecule has 2 heteroatoms. The maximum absolute atomic E-state index is 12.3. The predicted molar refractivity (Wildman–Crippen MR) is 80.1 cm³/mol. The predicted octanol–water partition coefficient (Wildman–Crippen LogP) is 4.69. The third kappa shape index (κ3) is 3.24. The average molecular weight is 273 g/mol. The number of rotatable bonds is 3. The van der Waals surface area contributed by atoms with Crippen LogP contribution in [0.3, 0.4) is 0 Å². The summed E-state index contributed by atoms with van der Waals surface area (Å²) < 4.78 is 0. The highest BCUT2D eigenvalue weighted by molar-refractivity contribution is 6.34. The van der Waals surface area contributed by atoms with E-state index in [1.54, 1.807) is 0 Å². The van der Waals surface area contributed by atoms with Gasteiger partial charge in [-0.2, -0.15) is 0 Å². The molecule has 0 aliphatic carbocycles. The van der Waals surface area contributed by atoms with E-state index in [9.17, 15) is 4.79 Å². The van der Waals surface area contributed by atoms with E-state index in [1.165, 1.54) is 0 Å². The molecule has 0 unspecified atom stereocenters. The number of Topliss-reactive ketones (excluding diaryl/α,β-unsaturated/α-hetero) is 1. The quantitative estimate of drug-likeness (QED) is 0.741. The lowest BCUT2D eigenvalue weighted by atomic mass is 9.98. The number of benzene rings is 2. The topological polar surface area (TPSA) is 17.1 Å². The second kappa shape index (κ2) is 5.58. The largest absolute Gasteiger partial charge is 0.294 e. The summed E-state index contributed by atoms with van der Waals surface area (Å²) in [6, 6.07) is 11.7. The first-order valence-corrected chi connectivity index (χ1v) is 6.70. The van der Waals surface area contributed by atoms with Crippen molar-refractivity contribution < 1.29 is 4.79 Å². The SMILES string of the molecule is Cc1cccc(CC(=O)c2cc(C)c(C)cc2Cl)c1. The zero-order chi connectivity index (χ0) is 14.0. The highest BCUT2D eigenvalue weighted by Gasteiger charge is 2.12. The molecule has 0 spiro atoms. The number of hydrogen-bond acceptors (Lipinski definition) is 1. The van der Waals surface area contributed by atoms with Crippen LogP contribution in [0.15, 0.2) is 36.4 Å². The number of aryl methyl sites for hydroxylation is 3. The van der Waals surface area contributed by atoms with E-state index in [0.717, 1.165) is 22.3 Å². The maximum atomic E-state index is 12.3. The van der Waals surface area contributed by atoms with Gasteiger partial charge in [0.1, 0.15) is 0 Å². The Kier molecular flexibility index (Phi) is 4.06.